The average Bonchev–Trinajstić information content (AvgIpc) is 3.11. The van der Waals surface area contributed by atoms with Crippen LogP contribution in [0.2, 0.25) is 0 Å². The minimum atomic E-state index is -0.557. The van der Waals surface area contributed by atoms with Crippen LogP contribution in [-0.2, 0) is 16.0 Å². The molecule has 1 fully saturated rings. The summed E-state index contributed by atoms with van der Waals surface area (Å²) in [6.07, 6.45) is 1.98. The van der Waals surface area contributed by atoms with Crippen LogP contribution >= 0.6 is 15.9 Å². The number of fused-ring (bicyclic) bond motifs is 1. The molecule has 0 aromatic heterocycles. The van der Waals surface area contributed by atoms with Crippen LogP contribution in [0, 0.1) is 0 Å². The molecular formula is C18H23BrN2O3. The van der Waals surface area contributed by atoms with Gasteiger partial charge in [0.25, 0.3) is 0 Å². The maximum absolute atomic E-state index is 13.1. The summed E-state index contributed by atoms with van der Waals surface area (Å²) in [6.45, 7) is 6.76. The van der Waals surface area contributed by atoms with Gasteiger partial charge >= 0.3 is 6.09 Å². The van der Waals surface area contributed by atoms with Crippen molar-refractivity contribution in [1.82, 2.24) is 4.90 Å². The van der Waals surface area contributed by atoms with Crippen LogP contribution in [0.4, 0.5) is 10.5 Å². The molecule has 2 amide bonds. The lowest BCUT2D eigenvalue weighted by molar-refractivity contribution is -0.122. The fourth-order valence-corrected chi connectivity index (χ4v) is 3.67. The minimum Gasteiger partial charge on any atom is -0.444 e. The van der Waals surface area contributed by atoms with E-state index in [2.05, 4.69) is 15.9 Å². The van der Waals surface area contributed by atoms with Crippen molar-refractivity contribution in [3.05, 3.63) is 28.2 Å². The molecule has 1 aromatic carbocycles. The van der Waals surface area contributed by atoms with Gasteiger partial charge < -0.3 is 9.64 Å². The van der Waals surface area contributed by atoms with Crippen molar-refractivity contribution in [3.8, 4) is 0 Å². The summed E-state index contributed by atoms with van der Waals surface area (Å²) in [5, 5.41) is 0. The van der Waals surface area contributed by atoms with Gasteiger partial charge in [0, 0.05) is 23.2 Å². The van der Waals surface area contributed by atoms with Crippen LogP contribution < -0.4 is 4.90 Å². The lowest BCUT2D eigenvalue weighted by Gasteiger charge is -2.30. The highest BCUT2D eigenvalue weighted by molar-refractivity contribution is 9.10. The first kappa shape index (κ1) is 17.3. The number of anilines is 1. The molecule has 0 N–H and O–H groups in total. The molecule has 1 saturated heterocycles. The Labute approximate surface area is 151 Å². The third kappa shape index (κ3) is 3.43. The molecule has 0 radical (unpaired) electrons. The number of likely N-dealkylation sites (tertiary alicyclic amines) is 1. The third-order valence-electron chi connectivity index (χ3n) is 4.37. The van der Waals surface area contributed by atoms with E-state index in [1.807, 2.05) is 43.9 Å². The Kier molecular flexibility index (Phi) is 4.60. The summed E-state index contributed by atoms with van der Waals surface area (Å²) in [6, 6.07) is 5.60. The predicted molar refractivity (Wildman–Crippen MR) is 96.2 cm³/mol. The van der Waals surface area contributed by atoms with E-state index in [1.54, 1.807) is 4.90 Å². The molecule has 0 saturated carbocycles. The molecule has 0 bridgehead atoms. The molecule has 3 rings (SSSR count). The number of ether oxygens (including phenoxy) is 1. The molecule has 130 valence electrons. The van der Waals surface area contributed by atoms with E-state index in [1.165, 1.54) is 5.56 Å². The quantitative estimate of drug-likeness (QED) is 0.728. The third-order valence-corrected chi connectivity index (χ3v) is 4.87. The summed E-state index contributed by atoms with van der Waals surface area (Å²) >= 11 is 3.47. The molecule has 1 atom stereocenters. The van der Waals surface area contributed by atoms with Gasteiger partial charge in [0.05, 0.1) is 0 Å². The molecule has 0 spiro atoms. The normalized spacial score (nSPS) is 20.2. The summed E-state index contributed by atoms with van der Waals surface area (Å²) in [5.74, 6) is -0.00444. The van der Waals surface area contributed by atoms with Crippen molar-refractivity contribution in [2.24, 2.45) is 0 Å². The van der Waals surface area contributed by atoms with Gasteiger partial charge in [-0.25, -0.2) is 4.79 Å². The van der Waals surface area contributed by atoms with Crippen LogP contribution in [0.5, 0.6) is 0 Å². The average molecular weight is 395 g/mol. The van der Waals surface area contributed by atoms with Gasteiger partial charge in [-0.15, -0.1) is 0 Å². The van der Waals surface area contributed by atoms with Crippen molar-refractivity contribution in [1.29, 1.82) is 0 Å². The Morgan fingerprint density at radius 1 is 1.25 bits per heavy atom. The van der Waals surface area contributed by atoms with E-state index in [4.69, 9.17) is 4.74 Å². The first-order valence-electron chi connectivity index (χ1n) is 8.36. The highest BCUT2D eigenvalue weighted by Crippen LogP contribution is 2.33. The second-order valence-electron chi connectivity index (χ2n) is 7.34. The summed E-state index contributed by atoms with van der Waals surface area (Å²) in [5.41, 5.74) is 1.57. The number of hydrogen-bond donors (Lipinski definition) is 0. The van der Waals surface area contributed by atoms with Crippen molar-refractivity contribution >= 4 is 33.6 Å². The number of amides is 2. The Bertz CT molecular complexity index is 669. The second-order valence-corrected chi connectivity index (χ2v) is 8.26. The number of carbonyl (C=O) groups is 2. The molecule has 2 heterocycles. The van der Waals surface area contributed by atoms with Crippen molar-refractivity contribution in [2.45, 2.75) is 51.7 Å². The topological polar surface area (TPSA) is 49.9 Å². The SMILES string of the molecule is CC(C)(C)OC(=O)N1CCCC1C(=O)N1CCc2ccc(Br)cc21. The lowest BCUT2D eigenvalue weighted by atomic mass is 10.1. The maximum Gasteiger partial charge on any atom is 0.410 e. The zero-order valence-electron chi connectivity index (χ0n) is 14.3. The summed E-state index contributed by atoms with van der Waals surface area (Å²) in [7, 11) is 0. The highest BCUT2D eigenvalue weighted by Gasteiger charge is 2.40. The Balaban J connectivity index is 1.78. The molecule has 5 nitrogen and oxygen atoms in total. The fourth-order valence-electron chi connectivity index (χ4n) is 3.32. The molecule has 2 aliphatic rings. The number of hydrogen-bond acceptors (Lipinski definition) is 3. The van der Waals surface area contributed by atoms with Crippen LogP contribution in [0.25, 0.3) is 0 Å². The zero-order valence-corrected chi connectivity index (χ0v) is 15.9. The Hall–Kier alpha value is -1.56. The first-order valence-corrected chi connectivity index (χ1v) is 9.15. The molecule has 1 unspecified atom stereocenters. The van der Waals surface area contributed by atoms with Crippen molar-refractivity contribution in [2.75, 3.05) is 18.0 Å². The molecule has 6 heteroatoms. The monoisotopic (exact) mass is 394 g/mol. The first-order chi connectivity index (χ1) is 11.3. The number of halogens is 1. The fraction of sp³-hybridized carbons (Fsp3) is 0.556. The number of nitrogens with zero attached hydrogens (tertiary/aromatic N) is 2. The standard InChI is InChI=1S/C18H23BrN2O3/c1-18(2,3)24-17(23)21-9-4-5-14(21)16(22)20-10-8-12-6-7-13(19)11-15(12)20/h6-7,11,14H,4-5,8-10H2,1-3H3. The number of rotatable bonds is 1. The molecular weight excluding hydrogens is 372 g/mol. The smallest absolute Gasteiger partial charge is 0.410 e. The van der Waals surface area contributed by atoms with E-state index < -0.39 is 17.7 Å². The van der Waals surface area contributed by atoms with Crippen molar-refractivity contribution in [3.63, 3.8) is 0 Å². The van der Waals surface area contributed by atoms with Gasteiger partial charge in [-0.2, -0.15) is 0 Å². The maximum atomic E-state index is 13.1. The van der Waals surface area contributed by atoms with E-state index in [9.17, 15) is 9.59 Å². The second kappa shape index (κ2) is 6.39. The van der Waals surface area contributed by atoms with Gasteiger partial charge in [-0.1, -0.05) is 22.0 Å². The highest BCUT2D eigenvalue weighted by atomic mass is 79.9. The molecule has 0 aliphatic carbocycles. The molecule has 1 aromatic rings. The largest absolute Gasteiger partial charge is 0.444 e. The molecule has 24 heavy (non-hydrogen) atoms. The lowest BCUT2D eigenvalue weighted by Crippen LogP contribution is -2.48. The van der Waals surface area contributed by atoms with Gasteiger partial charge in [-0.05, 0) is 57.7 Å². The van der Waals surface area contributed by atoms with Gasteiger partial charge in [0.2, 0.25) is 5.91 Å². The summed E-state index contributed by atoms with van der Waals surface area (Å²) < 4.78 is 6.42. The number of benzene rings is 1. The van der Waals surface area contributed by atoms with Crippen molar-refractivity contribution < 1.29 is 14.3 Å². The van der Waals surface area contributed by atoms with E-state index in [-0.39, 0.29) is 5.91 Å². The minimum absolute atomic E-state index is 0.00444. The van der Waals surface area contributed by atoms with Gasteiger partial charge in [0.1, 0.15) is 11.6 Å². The van der Waals surface area contributed by atoms with Crippen LogP contribution in [-0.4, -0.2) is 41.6 Å². The predicted octanol–water partition coefficient (Wildman–Crippen LogP) is 3.74. The summed E-state index contributed by atoms with van der Waals surface area (Å²) in [4.78, 5) is 28.9. The van der Waals surface area contributed by atoms with E-state index >= 15 is 0 Å². The van der Waals surface area contributed by atoms with Crippen LogP contribution in [0.1, 0.15) is 39.2 Å². The Morgan fingerprint density at radius 3 is 2.71 bits per heavy atom. The van der Waals surface area contributed by atoms with Crippen LogP contribution in [0.3, 0.4) is 0 Å². The van der Waals surface area contributed by atoms with E-state index in [0.717, 1.165) is 23.0 Å². The van der Waals surface area contributed by atoms with Crippen LogP contribution in [0.15, 0.2) is 22.7 Å². The van der Waals surface area contributed by atoms with Gasteiger partial charge in [-0.3, -0.25) is 9.69 Å². The Morgan fingerprint density at radius 2 is 2.00 bits per heavy atom. The number of carbonyl (C=O) groups excluding carboxylic acids is 2. The van der Waals surface area contributed by atoms with E-state index in [0.29, 0.717) is 19.5 Å². The van der Waals surface area contributed by atoms with Gasteiger partial charge in [0.15, 0.2) is 0 Å². The molecule has 2 aliphatic heterocycles. The zero-order chi connectivity index (χ0) is 17.5.